The number of anilines is 2. The lowest BCUT2D eigenvalue weighted by molar-refractivity contribution is -0.114. The van der Waals surface area contributed by atoms with Gasteiger partial charge in [-0.1, -0.05) is 23.2 Å². The minimum atomic E-state index is -0.198. The van der Waals surface area contributed by atoms with Gasteiger partial charge in [-0.3, -0.25) is 4.79 Å². The average Bonchev–Trinajstić information content (AvgIpc) is 2.10. The van der Waals surface area contributed by atoms with Gasteiger partial charge in [0.1, 0.15) is 0 Å². The Kier molecular flexibility index (Phi) is 3.83. The van der Waals surface area contributed by atoms with Gasteiger partial charge in [0, 0.05) is 26.7 Å². The van der Waals surface area contributed by atoms with Crippen LogP contribution in [0.2, 0.25) is 10.0 Å². The highest BCUT2D eigenvalue weighted by Gasteiger charge is 2.10. The molecule has 0 spiro atoms. The van der Waals surface area contributed by atoms with Crippen molar-refractivity contribution in [1.29, 1.82) is 0 Å². The van der Waals surface area contributed by atoms with Crippen LogP contribution in [-0.4, -0.2) is 20.0 Å². The molecule has 0 aliphatic heterocycles. The maximum Gasteiger partial charge on any atom is 0.221 e. The van der Waals surface area contributed by atoms with Crippen molar-refractivity contribution in [1.82, 2.24) is 0 Å². The summed E-state index contributed by atoms with van der Waals surface area (Å²) in [5, 5.41) is 3.45. The summed E-state index contributed by atoms with van der Waals surface area (Å²) < 4.78 is 0. The fraction of sp³-hybridized carbons (Fsp3) is 0.300. The first-order valence-corrected chi connectivity index (χ1v) is 5.11. The van der Waals surface area contributed by atoms with Crippen molar-refractivity contribution in [3.05, 3.63) is 22.2 Å². The van der Waals surface area contributed by atoms with Gasteiger partial charge in [0.15, 0.2) is 0 Å². The van der Waals surface area contributed by atoms with Crippen molar-refractivity contribution in [2.45, 2.75) is 6.92 Å². The van der Waals surface area contributed by atoms with Crippen LogP contribution in [0.15, 0.2) is 12.1 Å². The number of amides is 1. The third kappa shape index (κ3) is 3.01. The minimum Gasteiger partial charge on any atom is -0.378 e. The molecule has 0 saturated heterocycles. The fourth-order valence-electron chi connectivity index (χ4n) is 1.11. The first-order chi connectivity index (χ1) is 6.91. The van der Waals surface area contributed by atoms with Gasteiger partial charge < -0.3 is 10.2 Å². The summed E-state index contributed by atoms with van der Waals surface area (Å²) in [7, 11) is 3.78. The largest absolute Gasteiger partial charge is 0.378 e. The molecule has 1 amide bonds. The zero-order valence-corrected chi connectivity index (χ0v) is 10.3. The summed E-state index contributed by atoms with van der Waals surface area (Å²) in [5.74, 6) is -0.198. The van der Waals surface area contributed by atoms with Gasteiger partial charge in [-0.2, -0.15) is 0 Å². The minimum absolute atomic E-state index is 0.198. The Morgan fingerprint density at radius 1 is 1.27 bits per heavy atom. The zero-order valence-electron chi connectivity index (χ0n) is 8.77. The fourth-order valence-corrected chi connectivity index (χ4v) is 1.68. The molecule has 0 atom stereocenters. The van der Waals surface area contributed by atoms with E-state index in [-0.39, 0.29) is 5.91 Å². The Balaban J connectivity index is 3.15. The Morgan fingerprint density at radius 3 is 2.07 bits per heavy atom. The first kappa shape index (κ1) is 12.1. The molecule has 0 aliphatic carbocycles. The molecule has 0 saturated carbocycles. The highest BCUT2D eigenvalue weighted by Crippen LogP contribution is 2.34. The number of rotatable bonds is 2. The molecule has 15 heavy (non-hydrogen) atoms. The number of hydrogen-bond acceptors (Lipinski definition) is 2. The second kappa shape index (κ2) is 4.73. The van der Waals surface area contributed by atoms with Crippen LogP contribution in [0.1, 0.15) is 6.92 Å². The third-order valence-electron chi connectivity index (χ3n) is 1.84. The molecular weight excluding hydrogens is 235 g/mol. The van der Waals surface area contributed by atoms with E-state index in [1.54, 1.807) is 12.1 Å². The van der Waals surface area contributed by atoms with Crippen LogP contribution in [0.5, 0.6) is 0 Å². The van der Waals surface area contributed by atoms with Crippen molar-refractivity contribution in [3.63, 3.8) is 0 Å². The van der Waals surface area contributed by atoms with Crippen molar-refractivity contribution < 1.29 is 4.79 Å². The van der Waals surface area contributed by atoms with Crippen molar-refractivity contribution in [3.8, 4) is 0 Å². The Hall–Kier alpha value is -0.930. The van der Waals surface area contributed by atoms with Crippen molar-refractivity contribution in [2.24, 2.45) is 0 Å². The van der Waals surface area contributed by atoms with Crippen LogP contribution < -0.4 is 10.2 Å². The smallest absolute Gasteiger partial charge is 0.221 e. The standard InChI is InChI=1S/C10H12Cl2N2O/c1-6(15)13-10-8(11)4-7(14(2)3)5-9(10)12/h4-5H,1-3H3,(H,13,15). The summed E-state index contributed by atoms with van der Waals surface area (Å²) in [4.78, 5) is 12.8. The number of carbonyl (C=O) groups is 1. The predicted octanol–water partition coefficient (Wildman–Crippen LogP) is 3.02. The highest BCUT2D eigenvalue weighted by atomic mass is 35.5. The Bertz CT molecular complexity index is 368. The molecule has 3 nitrogen and oxygen atoms in total. The molecule has 0 unspecified atom stereocenters. The van der Waals surface area contributed by atoms with Gasteiger partial charge in [0.05, 0.1) is 15.7 Å². The van der Waals surface area contributed by atoms with Crippen LogP contribution in [0.4, 0.5) is 11.4 Å². The quantitative estimate of drug-likeness (QED) is 0.871. The van der Waals surface area contributed by atoms with Crippen molar-refractivity contribution in [2.75, 3.05) is 24.3 Å². The molecule has 1 aromatic carbocycles. The second-order valence-electron chi connectivity index (χ2n) is 3.36. The van der Waals surface area contributed by atoms with Gasteiger partial charge in [0.2, 0.25) is 5.91 Å². The van der Waals surface area contributed by atoms with Gasteiger partial charge in [0.25, 0.3) is 0 Å². The summed E-state index contributed by atoms with van der Waals surface area (Å²) in [6, 6.07) is 3.50. The topological polar surface area (TPSA) is 32.3 Å². The number of benzene rings is 1. The van der Waals surface area contributed by atoms with E-state index in [4.69, 9.17) is 23.2 Å². The molecule has 1 aromatic rings. The molecule has 0 bridgehead atoms. The van der Waals surface area contributed by atoms with Gasteiger partial charge in [-0.25, -0.2) is 0 Å². The number of halogens is 2. The molecule has 82 valence electrons. The predicted molar refractivity (Wildman–Crippen MR) is 65.1 cm³/mol. The average molecular weight is 247 g/mol. The highest BCUT2D eigenvalue weighted by molar-refractivity contribution is 6.40. The molecule has 0 heterocycles. The summed E-state index contributed by atoms with van der Waals surface area (Å²) in [6.45, 7) is 1.41. The van der Waals surface area contributed by atoms with Gasteiger partial charge in [-0.05, 0) is 12.1 Å². The van der Waals surface area contributed by atoms with Crippen LogP contribution in [0.25, 0.3) is 0 Å². The zero-order chi connectivity index (χ0) is 11.6. The molecule has 0 aromatic heterocycles. The van der Waals surface area contributed by atoms with E-state index in [0.29, 0.717) is 15.7 Å². The Labute approximate surface area is 99.0 Å². The molecule has 5 heteroatoms. The first-order valence-electron chi connectivity index (χ1n) is 4.35. The van der Waals surface area contributed by atoms with Gasteiger partial charge >= 0.3 is 0 Å². The number of nitrogens with one attached hydrogen (secondary N) is 1. The van der Waals surface area contributed by atoms with E-state index in [2.05, 4.69) is 5.32 Å². The lowest BCUT2D eigenvalue weighted by atomic mass is 10.2. The van der Waals surface area contributed by atoms with E-state index in [1.807, 2.05) is 19.0 Å². The van der Waals surface area contributed by atoms with Crippen LogP contribution in [-0.2, 0) is 4.79 Å². The lowest BCUT2D eigenvalue weighted by Crippen LogP contribution is -2.10. The molecule has 0 fully saturated rings. The normalized spacial score (nSPS) is 9.93. The van der Waals surface area contributed by atoms with Crippen LogP contribution >= 0.6 is 23.2 Å². The third-order valence-corrected chi connectivity index (χ3v) is 2.44. The summed E-state index contributed by atoms with van der Waals surface area (Å²) in [6.07, 6.45) is 0. The van der Waals surface area contributed by atoms with Crippen LogP contribution in [0.3, 0.4) is 0 Å². The molecule has 1 rings (SSSR count). The molecule has 1 N–H and O–H groups in total. The van der Waals surface area contributed by atoms with E-state index in [0.717, 1.165) is 5.69 Å². The molecule has 0 radical (unpaired) electrons. The van der Waals surface area contributed by atoms with Crippen molar-refractivity contribution >= 4 is 40.5 Å². The SMILES string of the molecule is CC(=O)Nc1c(Cl)cc(N(C)C)cc1Cl. The Morgan fingerprint density at radius 2 is 1.73 bits per heavy atom. The van der Waals surface area contributed by atoms with E-state index < -0.39 is 0 Å². The summed E-state index contributed by atoms with van der Waals surface area (Å²) >= 11 is 12.0. The number of carbonyl (C=O) groups excluding carboxylic acids is 1. The molecule has 0 aliphatic rings. The van der Waals surface area contributed by atoms with E-state index in [1.165, 1.54) is 6.92 Å². The van der Waals surface area contributed by atoms with Crippen LogP contribution in [0, 0.1) is 0 Å². The number of hydrogen-bond donors (Lipinski definition) is 1. The maximum atomic E-state index is 10.9. The maximum absolute atomic E-state index is 10.9. The number of nitrogens with zero attached hydrogens (tertiary/aromatic N) is 1. The lowest BCUT2D eigenvalue weighted by Gasteiger charge is -2.15. The molecular formula is C10H12Cl2N2O. The van der Waals surface area contributed by atoms with E-state index >= 15 is 0 Å². The van der Waals surface area contributed by atoms with Gasteiger partial charge in [-0.15, -0.1) is 0 Å². The van der Waals surface area contributed by atoms with E-state index in [9.17, 15) is 4.79 Å². The summed E-state index contributed by atoms with van der Waals surface area (Å²) in [5.41, 5.74) is 1.34. The second-order valence-corrected chi connectivity index (χ2v) is 4.17. The monoisotopic (exact) mass is 246 g/mol.